The standard InChI is InChI=1S/C17H21N5O9S2.C14H13NO7S/c1-29-13-8-14(30-2)20-16(19-13)21-17(24)22-33(27,28)12-7-10(9-18-32(4,25)26)5-6-11(12)15(23)31-3;1-23(21,22)8-5-6-9(10(7-8)15(19)20)14(18)13-11(16)3-2-4-12(13)17/h5-8,18H,9H2,1-4H3,(H2,19,20,21,22,24);5-7,13H,2-4H2,1H3. The highest BCUT2D eigenvalue weighted by Crippen LogP contribution is 2.29. The summed E-state index contributed by atoms with van der Waals surface area (Å²) in [5, 5.41) is 13.3. The van der Waals surface area contributed by atoms with Crippen molar-refractivity contribution in [2.75, 3.05) is 39.2 Å². The SMILES string of the molecule is COC(=O)c1ccc(CNS(C)(=O)=O)cc1S(=O)(=O)NC(=O)Nc1nc(OC)cc(OC)n1.CS(=O)(=O)c1ccc(C(=O)C2C(=O)CCCC2=O)c([N+](=O)[O-])c1. The lowest BCUT2D eigenvalue weighted by Crippen LogP contribution is -2.35. The van der Waals surface area contributed by atoms with Crippen LogP contribution in [0.5, 0.6) is 11.8 Å². The number of sulfone groups is 1. The van der Waals surface area contributed by atoms with E-state index < -0.39 is 86.2 Å². The number of ether oxygens (including phenoxy) is 3. The first-order valence-electron chi connectivity index (χ1n) is 15.6. The van der Waals surface area contributed by atoms with Crippen molar-refractivity contribution in [2.45, 2.75) is 35.6 Å². The first kappa shape index (κ1) is 44.5. The third-order valence-electron chi connectivity index (χ3n) is 7.44. The Hall–Kier alpha value is -5.92. The molecule has 0 spiro atoms. The lowest BCUT2D eigenvalue weighted by atomic mass is 9.81. The minimum Gasteiger partial charge on any atom is -0.481 e. The Labute approximate surface area is 319 Å². The molecule has 4 rings (SSSR count). The number of hydrogen-bond donors (Lipinski definition) is 3. The van der Waals surface area contributed by atoms with Crippen LogP contribution in [0.3, 0.4) is 0 Å². The molecule has 1 aromatic heterocycles. The van der Waals surface area contributed by atoms with Crippen molar-refractivity contribution < 1.29 is 68.4 Å². The van der Waals surface area contributed by atoms with Gasteiger partial charge in [0.25, 0.3) is 15.7 Å². The van der Waals surface area contributed by atoms with Gasteiger partial charge in [0.2, 0.25) is 27.7 Å². The Bertz CT molecular complexity index is 2380. The average molecular weight is 843 g/mol. The molecule has 0 bridgehead atoms. The van der Waals surface area contributed by atoms with E-state index in [2.05, 4.69) is 24.7 Å². The van der Waals surface area contributed by atoms with Crippen molar-refractivity contribution >= 4 is 70.9 Å². The molecule has 0 atom stereocenters. The van der Waals surface area contributed by atoms with Crippen LogP contribution >= 0.6 is 0 Å². The zero-order valence-electron chi connectivity index (χ0n) is 30.0. The predicted octanol–water partition coefficient (Wildman–Crippen LogP) is 0.959. The monoisotopic (exact) mass is 842 g/mol. The number of methoxy groups -OCH3 is 3. The molecule has 302 valence electrons. The second-order valence-electron chi connectivity index (χ2n) is 11.5. The topological polar surface area (TPSA) is 320 Å². The van der Waals surface area contributed by atoms with E-state index in [9.17, 15) is 59.3 Å². The van der Waals surface area contributed by atoms with Crippen molar-refractivity contribution in [1.29, 1.82) is 0 Å². The number of carbonyl (C=O) groups excluding carboxylic acids is 5. The van der Waals surface area contributed by atoms with Gasteiger partial charge in [-0.05, 0) is 36.2 Å². The fraction of sp³-hybridized carbons (Fsp3) is 0.323. The number of benzene rings is 2. The van der Waals surface area contributed by atoms with E-state index in [-0.39, 0.29) is 53.1 Å². The molecule has 1 aliphatic rings. The summed E-state index contributed by atoms with van der Waals surface area (Å²) in [5.41, 5.74) is -1.34. The molecule has 3 N–H and O–H groups in total. The lowest BCUT2D eigenvalue weighted by molar-refractivity contribution is -0.385. The summed E-state index contributed by atoms with van der Waals surface area (Å²) in [5.74, 6) is -4.84. The van der Waals surface area contributed by atoms with Crippen molar-refractivity contribution in [1.82, 2.24) is 19.4 Å². The highest BCUT2D eigenvalue weighted by atomic mass is 32.2. The second-order valence-corrected chi connectivity index (χ2v) is 17.0. The molecule has 1 heterocycles. The van der Waals surface area contributed by atoms with Crippen LogP contribution in [0.2, 0.25) is 0 Å². The van der Waals surface area contributed by atoms with Crippen LogP contribution in [-0.2, 0) is 50.8 Å². The maximum absolute atomic E-state index is 12.9. The summed E-state index contributed by atoms with van der Waals surface area (Å²) in [4.78, 5) is 77.4. The molecule has 22 nitrogen and oxygen atoms in total. The Morgan fingerprint density at radius 1 is 0.857 bits per heavy atom. The molecule has 25 heteroatoms. The molecule has 3 aromatic rings. The van der Waals surface area contributed by atoms with Crippen LogP contribution in [0.1, 0.15) is 45.5 Å². The minimum absolute atomic E-state index is 0.0408. The quantitative estimate of drug-likeness (QED) is 0.0709. The van der Waals surface area contributed by atoms with Gasteiger partial charge in [-0.25, -0.2) is 44.3 Å². The van der Waals surface area contributed by atoms with E-state index in [1.807, 2.05) is 0 Å². The van der Waals surface area contributed by atoms with Gasteiger partial charge in [-0.3, -0.25) is 29.8 Å². The maximum Gasteiger partial charge on any atom is 0.339 e. The largest absolute Gasteiger partial charge is 0.481 e. The fourth-order valence-corrected chi connectivity index (χ4v) is 7.04. The van der Waals surface area contributed by atoms with Gasteiger partial charge in [-0.15, -0.1) is 0 Å². The Kier molecular flexibility index (Phi) is 14.4. The molecule has 56 heavy (non-hydrogen) atoms. The number of rotatable bonds is 13. The number of nitrogens with zero attached hydrogens (tertiary/aromatic N) is 3. The van der Waals surface area contributed by atoms with Gasteiger partial charge in [0, 0.05) is 31.7 Å². The number of urea groups is 1. The number of Topliss-reactive ketones (excluding diaryl/α,β-unsaturated/α-hetero) is 3. The number of carbonyl (C=O) groups is 5. The molecule has 1 aliphatic carbocycles. The second kappa shape index (κ2) is 18.1. The van der Waals surface area contributed by atoms with Gasteiger partial charge >= 0.3 is 12.0 Å². The van der Waals surface area contributed by atoms with Crippen molar-refractivity contribution in [3.8, 4) is 11.8 Å². The van der Waals surface area contributed by atoms with E-state index in [1.165, 1.54) is 26.4 Å². The Morgan fingerprint density at radius 2 is 1.43 bits per heavy atom. The first-order chi connectivity index (χ1) is 26.0. The van der Waals surface area contributed by atoms with Gasteiger partial charge in [-0.1, -0.05) is 6.07 Å². The Balaban J connectivity index is 0.000000320. The fourth-order valence-electron chi connectivity index (χ4n) is 4.82. The van der Waals surface area contributed by atoms with Crippen LogP contribution in [0.25, 0.3) is 0 Å². The normalized spacial score (nSPS) is 13.4. The third kappa shape index (κ3) is 11.8. The van der Waals surface area contributed by atoms with Crippen LogP contribution in [0.15, 0.2) is 52.3 Å². The minimum atomic E-state index is -4.63. The molecular formula is C31H34N6O16S3. The number of nitro groups is 1. The highest BCUT2D eigenvalue weighted by Gasteiger charge is 2.39. The summed E-state index contributed by atoms with van der Waals surface area (Å²) >= 11 is 0. The zero-order chi connectivity index (χ0) is 42.2. The molecule has 0 saturated heterocycles. The number of nitro benzene ring substituents is 1. The van der Waals surface area contributed by atoms with Gasteiger partial charge < -0.3 is 14.2 Å². The highest BCUT2D eigenvalue weighted by molar-refractivity contribution is 7.90. The maximum atomic E-state index is 12.9. The number of ketones is 3. The van der Waals surface area contributed by atoms with Crippen LogP contribution in [-0.4, -0.2) is 103 Å². The van der Waals surface area contributed by atoms with Gasteiger partial charge in [0.05, 0.1) is 54.6 Å². The number of nitrogens with one attached hydrogen (secondary N) is 3. The summed E-state index contributed by atoms with van der Waals surface area (Å²) < 4.78 is 89.7. The predicted molar refractivity (Wildman–Crippen MR) is 192 cm³/mol. The lowest BCUT2D eigenvalue weighted by Gasteiger charge is -2.18. The van der Waals surface area contributed by atoms with E-state index in [4.69, 9.17) is 9.47 Å². The molecule has 0 aliphatic heterocycles. The van der Waals surface area contributed by atoms with E-state index in [1.54, 1.807) is 4.72 Å². The van der Waals surface area contributed by atoms with E-state index in [0.717, 1.165) is 50.0 Å². The van der Waals surface area contributed by atoms with E-state index >= 15 is 0 Å². The van der Waals surface area contributed by atoms with Crippen LogP contribution in [0.4, 0.5) is 16.4 Å². The molecule has 0 radical (unpaired) electrons. The molecule has 1 saturated carbocycles. The Morgan fingerprint density at radius 3 is 1.93 bits per heavy atom. The molecule has 2 aromatic carbocycles. The van der Waals surface area contributed by atoms with Crippen molar-refractivity contribution in [3.05, 3.63) is 69.3 Å². The molecular weight excluding hydrogens is 809 g/mol. The number of aromatic nitrogens is 2. The molecule has 0 unspecified atom stereocenters. The number of esters is 1. The number of anilines is 1. The van der Waals surface area contributed by atoms with Gasteiger partial charge in [0.15, 0.2) is 27.2 Å². The number of sulfonamides is 2. The van der Waals surface area contributed by atoms with Crippen molar-refractivity contribution in [3.63, 3.8) is 0 Å². The summed E-state index contributed by atoms with van der Waals surface area (Å²) in [6.07, 6.45) is 2.29. The number of amides is 2. The van der Waals surface area contributed by atoms with Crippen LogP contribution < -0.4 is 24.2 Å². The number of hydrogen-bond acceptors (Lipinski definition) is 18. The summed E-state index contributed by atoms with van der Waals surface area (Å²) in [6.45, 7) is -0.257. The van der Waals surface area contributed by atoms with Gasteiger partial charge in [-0.2, -0.15) is 9.97 Å². The van der Waals surface area contributed by atoms with Crippen LogP contribution in [0, 0.1) is 16.0 Å². The average Bonchev–Trinajstić information content (AvgIpc) is 3.12. The third-order valence-corrected chi connectivity index (χ3v) is 10.6. The molecule has 2 amide bonds. The smallest absolute Gasteiger partial charge is 0.339 e. The molecule has 1 fully saturated rings. The summed E-state index contributed by atoms with van der Waals surface area (Å²) in [7, 11) is -8.22. The van der Waals surface area contributed by atoms with Gasteiger partial charge in [0.1, 0.15) is 10.8 Å². The van der Waals surface area contributed by atoms with E-state index in [0.29, 0.717) is 6.42 Å². The summed E-state index contributed by atoms with van der Waals surface area (Å²) in [6, 6.07) is 6.37. The van der Waals surface area contributed by atoms with Crippen molar-refractivity contribution in [2.24, 2.45) is 5.92 Å². The zero-order valence-corrected chi connectivity index (χ0v) is 32.5. The first-order valence-corrected chi connectivity index (χ1v) is 20.8.